The van der Waals surface area contributed by atoms with E-state index in [2.05, 4.69) is 10.6 Å². The molecule has 0 saturated carbocycles. The molecule has 0 aromatic heterocycles. The zero-order chi connectivity index (χ0) is 14.5. The lowest BCUT2D eigenvalue weighted by molar-refractivity contribution is 0.0184. The fourth-order valence-corrected chi connectivity index (χ4v) is 1.97. The highest BCUT2D eigenvalue weighted by Gasteiger charge is 2.26. The van der Waals surface area contributed by atoms with Gasteiger partial charge in [-0.2, -0.15) is 0 Å². The van der Waals surface area contributed by atoms with E-state index in [1.54, 1.807) is 11.9 Å². The van der Waals surface area contributed by atoms with E-state index in [-0.39, 0.29) is 12.1 Å². The third-order valence-electron chi connectivity index (χ3n) is 3.04. The van der Waals surface area contributed by atoms with Crippen LogP contribution in [-0.4, -0.2) is 49.3 Å². The number of nitrogens with one attached hydrogen (secondary N) is 2. The Morgan fingerprint density at radius 2 is 1.84 bits per heavy atom. The van der Waals surface area contributed by atoms with Crippen LogP contribution in [0.15, 0.2) is 0 Å². The van der Waals surface area contributed by atoms with E-state index in [1.165, 1.54) is 0 Å². The Kier molecular flexibility index (Phi) is 5.44. The molecular weight excluding hydrogens is 246 g/mol. The Labute approximate surface area is 114 Å². The second kappa shape index (κ2) is 6.63. The van der Waals surface area contributed by atoms with Gasteiger partial charge in [-0.05, 0) is 39.5 Å². The number of nitrogens with zero attached hydrogens (tertiary/aromatic N) is 1. The van der Waals surface area contributed by atoms with Crippen molar-refractivity contribution in [1.82, 2.24) is 15.5 Å². The zero-order valence-electron chi connectivity index (χ0n) is 12.3. The van der Waals surface area contributed by atoms with Gasteiger partial charge in [0.15, 0.2) is 0 Å². The lowest BCUT2D eigenvalue weighted by atomic mass is 9.97. The lowest BCUT2D eigenvalue weighted by Gasteiger charge is -2.33. The summed E-state index contributed by atoms with van der Waals surface area (Å²) in [6.45, 7) is 7.63. The Bertz CT molecular complexity index is 318. The van der Waals surface area contributed by atoms with Gasteiger partial charge in [-0.1, -0.05) is 0 Å². The molecule has 0 bridgehead atoms. The number of ether oxygens (including phenoxy) is 1. The van der Waals surface area contributed by atoms with Crippen molar-refractivity contribution in [3.63, 3.8) is 0 Å². The van der Waals surface area contributed by atoms with Crippen LogP contribution in [0.5, 0.6) is 0 Å². The molecule has 0 aliphatic carbocycles. The van der Waals surface area contributed by atoms with Crippen LogP contribution in [0, 0.1) is 5.92 Å². The van der Waals surface area contributed by atoms with Gasteiger partial charge in [0, 0.05) is 26.7 Å². The number of amides is 3. The van der Waals surface area contributed by atoms with E-state index < -0.39 is 5.60 Å². The maximum Gasteiger partial charge on any atom is 0.410 e. The van der Waals surface area contributed by atoms with Crippen LogP contribution >= 0.6 is 0 Å². The molecule has 1 fully saturated rings. The highest BCUT2D eigenvalue weighted by Crippen LogP contribution is 2.19. The molecule has 0 spiro atoms. The molecule has 0 atom stereocenters. The quantitative estimate of drug-likeness (QED) is 0.800. The predicted octanol–water partition coefficient (Wildman–Crippen LogP) is 1.56. The van der Waals surface area contributed by atoms with Crippen molar-refractivity contribution in [3.8, 4) is 0 Å². The van der Waals surface area contributed by atoms with Crippen LogP contribution < -0.4 is 10.6 Å². The van der Waals surface area contributed by atoms with Crippen molar-refractivity contribution in [3.05, 3.63) is 0 Å². The largest absolute Gasteiger partial charge is 0.444 e. The van der Waals surface area contributed by atoms with Gasteiger partial charge < -0.3 is 20.3 Å². The normalized spacial score (nSPS) is 16.9. The van der Waals surface area contributed by atoms with Gasteiger partial charge in [0.05, 0.1) is 0 Å². The van der Waals surface area contributed by atoms with Gasteiger partial charge in [-0.15, -0.1) is 0 Å². The topological polar surface area (TPSA) is 70.7 Å². The first-order valence-electron chi connectivity index (χ1n) is 6.75. The van der Waals surface area contributed by atoms with Gasteiger partial charge in [0.2, 0.25) is 0 Å². The minimum atomic E-state index is -0.450. The summed E-state index contributed by atoms with van der Waals surface area (Å²) in [4.78, 5) is 24.7. The van der Waals surface area contributed by atoms with Crippen LogP contribution in [0.1, 0.15) is 33.6 Å². The van der Waals surface area contributed by atoms with Gasteiger partial charge >= 0.3 is 12.1 Å². The summed E-state index contributed by atoms with van der Waals surface area (Å²) < 4.78 is 5.34. The molecule has 0 radical (unpaired) electrons. The van der Waals surface area contributed by atoms with Crippen molar-refractivity contribution in [2.24, 2.45) is 5.92 Å². The van der Waals surface area contributed by atoms with E-state index in [0.29, 0.717) is 25.6 Å². The number of carbonyl (C=O) groups excluding carboxylic acids is 2. The monoisotopic (exact) mass is 271 g/mol. The number of piperidine rings is 1. The predicted molar refractivity (Wildman–Crippen MR) is 73.0 cm³/mol. The van der Waals surface area contributed by atoms with Gasteiger partial charge in [0.1, 0.15) is 5.60 Å². The second-order valence-corrected chi connectivity index (χ2v) is 5.87. The van der Waals surface area contributed by atoms with Gasteiger partial charge in [0.25, 0.3) is 0 Å². The molecular formula is C13H25N3O3. The highest BCUT2D eigenvalue weighted by molar-refractivity contribution is 5.73. The molecule has 6 heteroatoms. The van der Waals surface area contributed by atoms with Crippen molar-refractivity contribution in [2.75, 3.05) is 26.7 Å². The number of hydrogen-bond acceptors (Lipinski definition) is 3. The van der Waals surface area contributed by atoms with Crippen molar-refractivity contribution in [2.45, 2.75) is 39.2 Å². The van der Waals surface area contributed by atoms with Crippen molar-refractivity contribution < 1.29 is 14.3 Å². The van der Waals surface area contributed by atoms with Crippen LogP contribution in [0.4, 0.5) is 9.59 Å². The fraction of sp³-hybridized carbons (Fsp3) is 0.846. The number of urea groups is 1. The molecule has 0 aromatic rings. The van der Waals surface area contributed by atoms with Crippen LogP contribution in [0.3, 0.4) is 0 Å². The summed E-state index contributed by atoms with van der Waals surface area (Å²) in [5, 5.41) is 5.32. The highest BCUT2D eigenvalue weighted by atomic mass is 16.6. The Balaban J connectivity index is 2.29. The molecule has 1 aliphatic rings. The summed E-state index contributed by atoms with van der Waals surface area (Å²) in [5.74, 6) is 0.427. The molecule has 3 amide bonds. The molecule has 1 saturated heterocycles. The maximum absolute atomic E-state index is 11.9. The SMILES string of the molecule is CNC(=O)NCC1CCN(C(=O)OC(C)(C)C)CC1. The number of hydrogen-bond donors (Lipinski definition) is 2. The summed E-state index contributed by atoms with van der Waals surface area (Å²) >= 11 is 0. The van der Waals surface area contributed by atoms with Crippen LogP contribution in [-0.2, 0) is 4.74 Å². The van der Waals surface area contributed by atoms with E-state index in [9.17, 15) is 9.59 Å². The Morgan fingerprint density at radius 3 is 2.32 bits per heavy atom. The standard InChI is InChI=1S/C13H25N3O3/c1-13(2,3)19-12(18)16-7-5-10(6-8-16)9-15-11(17)14-4/h10H,5-9H2,1-4H3,(H2,14,15,17). The number of carbonyl (C=O) groups is 2. The van der Waals surface area contributed by atoms with Crippen LogP contribution in [0.25, 0.3) is 0 Å². The summed E-state index contributed by atoms with van der Waals surface area (Å²) in [6, 6.07) is -0.158. The van der Waals surface area contributed by atoms with Gasteiger partial charge in [-0.25, -0.2) is 9.59 Å². The van der Waals surface area contributed by atoms with E-state index in [1.807, 2.05) is 20.8 Å². The maximum atomic E-state index is 11.9. The molecule has 1 aliphatic heterocycles. The average Bonchev–Trinajstić information content (AvgIpc) is 2.34. The number of rotatable bonds is 2. The number of likely N-dealkylation sites (tertiary alicyclic amines) is 1. The smallest absolute Gasteiger partial charge is 0.410 e. The molecule has 0 aromatic carbocycles. The van der Waals surface area contributed by atoms with Crippen molar-refractivity contribution in [1.29, 1.82) is 0 Å². The van der Waals surface area contributed by atoms with E-state index in [4.69, 9.17) is 4.74 Å². The molecule has 2 N–H and O–H groups in total. The van der Waals surface area contributed by atoms with E-state index >= 15 is 0 Å². The fourth-order valence-electron chi connectivity index (χ4n) is 1.97. The molecule has 110 valence electrons. The molecule has 0 unspecified atom stereocenters. The lowest BCUT2D eigenvalue weighted by Crippen LogP contribution is -2.44. The molecule has 6 nitrogen and oxygen atoms in total. The zero-order valence-corrected chi connectivity index (χ0v) is 12.3. The molecule has 19 heavy (non-hydrogen) atoms. The summed E-state index contributed by atoms with van der Waals surface area (Å²) in [7, 11) is 1.60. The Morgan fingerprint density at radius 1 is 1.26 bits per heavy atom. The van der Waals surface area contributed by atoms with Crippen molar-refractivity contribution >= 4 is 12.1 Å². The first-order valence-corrected chi connectivity index (χ1v) is 6.75. The summed E-state index contributed by atoms with van der Waals surface area (Å²) in [5.41, 5.74) is -0.450. The Hall–Kier alpha value is -1.46. The molecule has 1 rings (SSSR count). The minimum Gasteiger partial charge on any atom is -0.444 e. The van der Waals surface area contributed by atoms with E-state index in [0.717, 1.165) is 12.8 Å². The summed E-state index contributed by atoms with van der Waals surface area (Å²) in [6.07, 6.45) is 1.54. The van der Waals surface area contributed by atoms with Crippen LogP contribution in [0.2, 0.25) is 0 Å². The van der Waals surface area contributed by atoms with Gasteiger partial charge in [-0.3, -0.25) is 0 Å². The first-order chi connectivity index (χ1) is 8.81. The first kappa shape index (κ1) is 15.6. The third kappa shape index (κ3) is 5.81. The average molecular weight is 271 g/mol. The third-order valence-corrected chi connectivity index (χ3v) is 3.04. The minimum absolute atomic E-state index is 0.158. The molecule has 1 heterocycles. The second-order valence-electron chi connectivity index (χ2n) is 5.87.